The topological polar surface area (TPSA) is 63.7 Å². The van der Waals surface area contributed by atoms with Gasteiger partial charge in [0, 0.05) is 23.1 Å². The second-order valence-corrected chi connectivity index (χ2v) is 6.97. The number of carbonyl (C=O) groups is 1. The molecule has 0 aliphatic carbocycles. The van der Waals surface area contributed by atoms with E-state index in [4.69, 9.17) is 0 Å². The van der Waals surface area contributed by atoms with E-state index in [0.717, 1.165) is 16.3 Å². The molecule has 0 radical (unpaired) electrons. The van der Waals surface area contributed by atoms with Gasteiger partial charge in [-0.3, -0.25) is 8.98 Å². The molecule has 0 atom stereocenters. The van der Waals surface area contributed by atoms with Gasteiger partial charge in [-0.15, -0.1) is 0 Å². The van der Waals surface area contributed by atoms with Crippen molar-refractivity contribution in [1.29, 1.82) is 0 Å². The maximum atomic E-state index is 12.1. The highest BCUT2D eigenvalue weighted by Crippen LogP contribution is 2.25. The molecule has 0 unspecified atom stereocenters. The van der Waals surface area contributed by atoms with E-state index in [1.807, 2.05) is 12.1 Å². The van der Waals surface area contributed by atoms with Crippen LogP contribution in [0, 0.1) is 0 Å². The Labute approximate surface area is 120 Å². The molecule has 19 heavy (non-hydrogen) atoms. The summed E-state index contributed by atoms with van der Waals surface area (Å²) in [5, 5.41) is 0. The molecule has 0 bridgehead atoms. The van der Waals surface area contributed by atoms with Gasteiger partial charge in [-0.25, -0.2) is 0 Å². The lowest BCUT2D eigenvalue weighted by molar-refractivity contribution is 0.0771. The van der Waals surface area contributed by atoms with Crippen molar-refractivity contribution in [2.75, 3.05) is 19.4 Å². The Hall–Kier alpha value is -0.920. The predicted molar refractivity (Wildman–Crippen MR) is 74.3 cm³/mol. The van der Waals surface area contributed by atoms with Gasteiger partial charge in [-0.05, 0) is 30.2 Å². The summed E-state index contributed by atoms with van der Waals surface area (Å²) in [6.07, 6.45) is 1.51. The van der Waals surface area contributed by atoms with Crippen LogP contribution in [0.4, 0.5) is 0 Å². The van der Waals surface area contributed by atoms with Gasteiger partial charge in [-0.2, -0.15) is 8.42 Å². The van der Waals surface area contributed by atoms with Gasteiger partial charge >= 0.3 is 0 Å². The number of fused-ring (bicyclic) bond motifs is 1. The van der Waals surface area contributed by atoms with E-state index in [1.54, 1.807) is 11.0 Å². The standard InChI is InChI=1S/C12H14BrNO4S/c1-19(16,17)18-6-2-5-14-8-9-7-10(13)3-4-11(9)12(14)15/h3-4,7H,2,5-6,8H2,1H3. The van der Waals surface area contributed by atoms with Crippen LogP contribution in [-0.4, -0.2) is 38.6 Å². The molecule has 1 aromatic carbocycles. The fraction of sp³-hybridized carbons (Fsp3) is 0.417. The van der Waals surface area contributed by atoms with Crippen molar-refractivity contribution in [2.24, 2.45) is 0 Å². The first-order valence-corrected chi connectivity index (χ1v) is 8.40. The highest BCUT2D eigenvalue weighted by atomic mass is 79.9. The Morgan fingerprint density at radius 2 is 2.16 bits per heavy atom. The van der Waals surface area contributed by atoms with E-state index in [2.05, 4.69) is 20.1 Å². The van der Waals surface area contributed by atoms with Crippen molar-refractivity contribution in [2.45, 2.75) is 13.0 Å². The maximum Gasteiger partial charge on any atom is 0.264 e. The average molecular weight is 348 g/mol. The molecular weight excluding hydrogens is 334 g/mol. The first-order valence-electron chi connectivity index (χ1n) is 5.79. The molecule has 0 saturated carbocycles. The molecule has 2 rings (SSSR count). The van der Waals surface area contributed by atoms with Crippen LogP contribution in [0.2, 0.25) is 0 Å². The van der Waals surface area contributed by atoms with Gasteiger partial charge in [-0.1, -0.05) is 15.9 Å². The lowest BCUT2D eigenvalue weighted by atomic mass is 10.1. The monoisotopic (exact) mass is 347 g/mol. The van der Waals surface area contributed by atoms with Gasteiger partial charge in [0.15, 0.2) is 0 Å². The fourth-order valence-corrected chi connectivity index (χ4v) is 2.82. The molecule has 1 heterocycles. The van der Waals surface area contributed by atoms with Crippen LogP contribution < -0.4 is 0 Å². The Balaban J connectivity index is 1.90. The van der Waals surface area contributed by atoms with Crippen LogP contribution in [0.5, 0.6) is 0 Å². The summed E-state index contributed by atoms with van der Waals surface area (Å²) in [7, 11) is -3.40. The van der Waals surface area contributed by atoms with E-state index in [1.165, 1.54) is 0 Å². The minimum Gasteiger partial charge on any atom is -0.334 e. The Morgan fingerprint density at radius 1 is 1.42 bits per heavy atom. The number of hydrogen-bond donors (Lipinski definition) is 0. The van der Waals surface area contributed by atoms with E-state index >= 15 is 0 Å². The Morgan fingerprint density at radius 3 is 2.84 bits per heavy atom. The average Bonchev–Trinajstić information content (AvgIpc) is 2.60. The molecule has 0 fully saturated rings. The summed E-state index contributed by atoms with van der Waals surface area (Å²) < 4.78 is 27.2. The van der Waals surface area contributed by atoms with Crippen LogP contribution in [0.3, 0.4) is 0 Å². The van der Waals surface area contributed by atoms with Crippen LogP contribution in [-0.2, 0) is 20.8 Å². The number of benzene rings is 1. The SMILES string of the molecule is CS(=O)(=O)OCCCN1Cc2cc(Br)ccc2C1=O. The van der Waals surface area contributed by atoms with Crippen LogP contribution in [0.1, 0.15) is 22.3 Å². The normalized spacial score (nSPS) is 14.8. The van der Waals surface area contributed by atoms with Gasteiger partial charge in [0.1, 0.15) is 0 Å². The molecular formula is C12H14BrNO4S. The van der Waals surface area contributed by atoms with E-state index < -0.39 is 10.1 Å². The van der Waals surface area contributed by atoms with Gasteiger partial charge in [0.05, 0.1) is 12.9 Å². The summed E-state index contributed by atoms with van der Waals surface area (Å²) in [6, 6.07) is 5.57. The number of hydrogen-bond acceptors (Lipinski definition) is 4. The minimum atomic E-state index is -3.40. The molecule has 0 saturated heterocycles. The maximum absolute atomic E-state index is 12.1. The summed E-state index contributed by atoms with van der Waals surface area (Å²) >= 11 is 3.37. The lowest BCUT2D eigenvalue weighted by Crippen LogP contribution is -2.26. The third-order valence-electron chi connectivity index (χ3n) is 2.82. The quantitative estimate of drug-likeness (QED) is 0.601. The molecule has 0 spiro atoms. The lowest BCUT2D eigenvalue weighted by Gasteiger charge is -2.14. The van der Waals surface area contributed by atoms with Crippen molar-refractivity contribution < 1.29 is 17.4 Å². The first kappa shape index (κ1) is 14.5. The van der Waals surface area contributed by atoms with Crippen LogP contribution >= 0.6 is 15.9 Å². The third-order valence-corrected chi connectivity index (χ3v) is 3.90. The van der Waals surface area contributed by atoms with Gasteiger partial charge < -0.3 is 4.90 Å². The predicted octanol–water partition coefficient (Wildman–Crippen LogP) is 1.77. The Bertz CT molecular complexity index is 600. The van der Waals surface area contributed by atoms with Crippen molar-refractivity contribution in [3.8, 4) is 0 Å². The number of halogens is 1. The minimum absolute atomic E-state index is 0.0122. The molecule has 1 amide bonds. The molecule has 0 N–H and O–H groups in total. The second-order valence-electron chi connectivity index (χ2n) is 4.41. The van der Waals surface area contributed by atoms with Crippen molar-refractivity contribution in [3.63, 3.8) is 0 Å². The summed E-state index contributed by atoms with van der Waals surface area (Å²) in [6.45, 7) is 1.15. The molecule has 7 heteroatoms. The molecule has 1 aliphatic heterocycles. The van der Waals surface area contributed by atoms with Crippen molar-refractivity contribution in [1.82, 2.24) is 4.90 Å². The number of amides is 1. The van der Waals surface area contributed by atoms with Gasteiger partial charge in [0.2, 0.25) is 0 Å². The van der Waals surface area contributed by atoms with Crippen LogP contribution in [0.15, 0.2) is 22.7 Å². The third kappa shape index (κ3) is 3.77. The second kappa shape index (κ2) is 5.60. The Kier molecular flexibility index (Phi) is 4.27. The van der Waals surface area contributed by atoms with Gasteiger partial charge in [0.25, 0.3) is 16.0 Å². The zero-order valence-corrected chi connectivity index (χ0v) is 12.8. The number of rotatable bonds is 5. The van der Waals surface area contributed by atoms with E-state index in [0.29, 0.717) is 25.1 Å². The smallest absolute Gasteiger partial charge is 0.264 e. The zero-order valence-electron chi connectivity index (χ0n) is 10.4. The van der Waals surface area contributed by atoms with Crippen LogP contribution in [0.25, 0.3) is 0 Å². The number of carbonyl (C=O) groups excluding carboxylic acids is 1. The summed E-state index contributed by atoms with van der Waals surface area (Å²) in [5.74, 6) is -0.0122. The summed E-state index contributed by atoms with van der Waals surface area (Å²) in [4.78, 5) is 13.7. The number of nitrogens with zero attached hydrogens (tertiary/aromatic N) is 1. The molecule has 1 aliphatic rings. The van der Waals surface area contributed by atoms with Crippen molar-refractivity contribution >= 4 is 32.0 Å². The molecule has 0 aromatic heterocycles. The zero-order chi connectivity index (χ0) is 14.0. The summed E-state index contributed by atoms with van der Waals surface area (Å²) in [5.41, 5.74) is 1.70. The largest absolute Gasteiger partial charge is 0.334 e. The molecule has 104 valence electrons. The highest BCUT2D eigenvalue weighted by Gasteiger charge is 2.26. The first-order chi connectivity index (χ1) is 8.87. The highest BCUT2D eigenvalue weighted by molar-refractivity contribution is 9.10. The fourth-order valence-electron chi connectivity index (χ4n) is 2.00. The van der Waals surface area contributed by atoms with E-state index in [-0.39, 0.29) is 12.5 Å². The van der Waals surface area contributed by atoms with E-state index in [9.17, 15) is 13.2 Å². The molecule has 1 aromatic rings. The molecule has 5 nitrogen and oxygen atoms in total. The van der Waals surface area contributed by atoms with Crippen molar-refractivity contribution in [3.05, 3.63) is 33.8 Å².